The lowest BCUT2D eigenvalue weighted by Gasteiger charge is -2.15. The van der Waals surface area contributed by atoms with Gasteiger partial charge < -0.3 is 10.2 Å². The monoisotopic (exact) mass is 370 g/mol. The maximum absolute atomic E-state index is 12.2. The molecule has 2 amide bonds. The van der Waals surface area contributed by atoms with E-state index in [2.05, 4.69) is 5.32 Å². The van der Waals surface area contributed by atoms with Gasteiger partial charge in [-0.15, -0.1) is 0 Å². The van der Waals surface area contributed by atoms with Crippen LogP contribution in [0.5, 0.6) is 0 Å². The molecule has 0 unspecified atom stereocenters. The zero-order valence-corrected chi connectivity index (χ0v) is 15.5. The summed E-state index contributed by atoms with van der Waals surface area (Å²) in [4.78, 5) is 25.8. The number of hydrogen-bond acceptors (Lipinski definition) is 2. The van der Waals surface area contributed by atoms with Crippen LogP contribution >= 0.6 is 11.6 Å². The molecule has 1 aliphatic heterocycles. The van der Waals surface area contributed by atoms with Crippen molar-refractivity contribution in [2.45, 2.75) is 32.2 Å². The molecule has 1 saturated heterocycles. The largest absolute Gasteiger partial charge is 0.352 e. The molecule has 0 atom stereocenters. The highest BCUT2D eigenvalue weighted by molar-refractivity contribution is 6.30. The van der Waals surface area contributed by atoms with E-state index in [0.717, 1.165) is 36.4 Å². The van der Waals surface area contributed by atoms with Crippen LogP contribution in [0.3, 0.4) is 0 Å². The number of hydrogen-bond donors (Lipinski definition) is 1. The number of nitrogens with zero attached hydrogens (tertiary/aromatic N) is 1. The van der Waals surface area contributed by atoms with Gasteiger partial charge >= 0.3 is 0 Å². The van der Waals surface area contributed by atoms with Gasteiger partial charge in [0.25, 0.3) is 5.91 Å². The van der Waals surface area contributed by atoms with Gasteiger partial charge in [-0.05, 0) is 54.7 Å². The van der Waals surface area contributed by atoms with Crippen molar-refractivity contribution in [2.75, 3.05) is 13.1 Å². The first kappa shape index (κ1) is 18.5. The van der Waals surface area contributed by atoms with Gasteiger partial charge in [-0.3, -0.25) is 9.59 Å². The minimum absolute atomic E-state index is 0.0649. The molecular formula is C21H23ClN2O2. The van der Waals surface area contributed by atoms with Gasteiger partial charge in [0, 0.05) is 36.6 Å². The Kier molecular flexibility index (Phi) is 6.29. The number of halogens is 1. The fourth-order valence-corrected chi connectivity index (χ4v) is 3.23. The van der Waals surface area contributed by atoms with Crippen molar-refractivity contribution in [1.82, 2.24) is 10.2 Å². The standard InChI is InChI=1S/C21H23ClN2O2/c22-19-11-7-16(8-12-19)3-1-13-23-21(26)18-9-5-17(6-10-18)15-24-14-2-4-20(24)25/h5-12H,1-4,13-15H2,(H,23,26). The average molecular weight is 371 g/mol. The summed E-state index contributed by atoms with van der Waals surface area (Å²) in [5.41, 5.74) is 2.91. The summed E-state index contributed by atoms with van der Waals surface area (Å²) in [6.07, 6.45) is 3.37. The van der Waals surface area contributed by atoms with Gasteiger partial charge in [0.15, 0.2) is 0 Å². The minimum atomic E-state index is -0.0649. The molecule has 0 radical (unpaired) electrons. The summed E-state index contributed by atoms with van der Waals surface area (Å²) in [6, 6.07) is 15.3. The molecule has 0 bridgehead atoms. The van der Waals surface area contributed by atoms with Crippen molar-refractivity contribution in [3.05, 3.63) is 70.2 Å². The van der Waals surface area contributed by atoms with E-state index in [9.17, 15) is 9.59 Å². The molecule has 1 aliphatic rings. The van der Waals surface area contributed by atoms with Crippen LogP contribution in [0.2, 0.25) is 5.02 Å². The summed E-state index contributed by atoms with van der Waals surface area (Å²) < 4.78 is 0. The minimum Gasteiger partial charge on any atom is -0.352 e. The molecule has 136 valence electrons. The van der Waals surface area contributed by atoms with E-state index in [-0.39, 0.29) is 11.8 Å². The second-order valence-electron chi connectivity index (χ2n) is 6.60. The van der Waals surface area contributed by atoms with E-state index in [1.165, 1.54) is 5.56 Å². The highest BCUT2D eigenvalue weighted by Gasteiger charge is 2.19. The Morgan fingerprint density at radius 2 is 1.73 bits per heavy atom. The zero-order chi connectivity index (χ0) is 18.4. The van der Waals surface area contributed by atoms with Crippen molar-refractivity contribution in [3.63, 3.8) is 0 Å². The quantitative estimate of drug-likeness (QED) is 0.753. The van der Waals surface area contributed by atoms with E-state index >= 15 is 0 Å². The number of nitrogens with one attached hydrogen (secondary N) is 1. The van der Waals surface area contributed by atoms with E-state index in [4.69, 9.17) is 11.6 Å². The first-order valence-electron chi connectivity index (χ1n) is 9.01. The molecule has 26 heavy (non-hydrogen) atoms. The molecule has 0 spiro atoms. The molecule has 5 heteroatoms. The van der Waals surface area contributed by atoms with Crippen molar-refractivity contribution >= 4 is 23.4 Å². The van der Waals surface area contributed by atoms with Crippen LogP contribution in [0.4, 0.5) is 0 Å². The number of carbonyl (C=O) groups is 2. The Hall–Kier alpha value is -2.33. The molecular weight excluding hydrogens is 348 g/mol. The lowest BCUT2D eigenvalue weighted by atomic mass is 10.1. The number of rotatable bonds is 7. The number of amides is 2. The first-order valence-corrected chi connectivity index (χ1v) is 9.39. The molecule has 1 heterocycles. The number of carbonyl (C=O) groups excluding carboxylic acids is 2. The molecule has 0 saturated carbocycles. The highest BCUT2D eigenvalue weighted by Crippen LogP contribution is 2.15. The summed E-state index contributed by atoms with van der Waals surface area (Å²) in [5, 5.41) is 3.69. The van der Waals surface area contributed by atoms with E-state index in [1.54, 1.807) is 0 Å². The van der Waals surface area contributed by atoms with Gasteiger partial charge in [0.2, 0.25) is 5.91 Å². The molecule has 1 fully saturated rings. The smallest absolute Gasteiger partial charge is 0.251 e. The van der Waals surface area contributed by atoms with Gasteiger partial charge in [-0.1, -0.05) is 35.9 Å². The van der Waals surface area contributed by atoms with Crippen molar-refractivity contribution in [2.24, 2.45) is 0 Å². The summed E-state index contributed by atoms with van der Waals surface area (Å²) >= 11 is 5.87. The molecule has 4 nitrogen and oxygen atoms in total. The summed E-state index contributed by atoms with van der Waals surface area (Å²) in [5.74, 6) is 0.150. The lowest BCUT2D eigenvalue weighted by Crippen LogP contribution is -2.25. The molecule has 3 rings (SSSR count). The first-order chi connectivity index (χ1) is 12.6. The fourth-order valence-electron chi connectivity index (χ4n) is 3.10. The van der Waals surface area contributed by atoms with Crippen molar-refractivity contribution in [3.8, 4) is 0 Å². The summed E-state index contributed by atoms with van der Waals surface area (Å²) in [7, 11) is 0. The second kappa shape index (κ2) is 8.86. The maximum atomic E-state index is 12.2. The Morgan fingerprint density at radius 1 is 1.04 bits per heavy atom. The van der Waals surface area contributed by atoms with Gasteiger partial charge in [0.1, 0.15) is 0 Å². The fraction of sp³-hybridized carbons (Fsp3) is 0.333. The van der Waals surface area contributed by atoms with Gasteiger partial charge in [-0.25, -0.2) is 0 Å². The average Bonchev–Trinajstić information content (AvgIpc) is 3.05. The van der Waals surface area contributed by atoms with Crippen LogP contribution in [0, 0.1) is 0 Å². The number of benzene rings is 2. The predicted octanol–water partition coefficient (Wildman–Crippen LogP) is 3.83. The maximum Gasteiger partial charge on any atom is 0.251 e. The zero-order valence-electron chi connectivity index (χ0n) is 14.7. The second-order valence-corrected chi connectivity index (χ2v) is 7.04. The van der Waals surface area contributed by atoms with Crippen molar-refractivity contribution < 1.29 is 9.59 Å². The summed E-state index contributed by atoms with van der Waals surface area (Å²) in [6.45, 7) is 2.09. The van der Waals surface area contributed by atoms with Crippen LogP contribution in [-0.2, 0) is 17.8 Å². The van der Waals surface area contributed by atoms with Crippen LogP contribution in [-0.4, -0.2) is 29.8 Å². The predicted molar refractivity (Wildman–Crippen MR) is 103 cm³/mol. The van der Waals surface area contributed by atoms with Crippen LogP contribution < -0.4 is 5.32 Å². The molecule has 0 aromatic heterocycles. The van der Waals surface area contributed by atoms with E-state index in [0.29, 0.717) is 25.1 Å². The Labute approximate surface area is 159 Å². The SMILES string of the molecule is O=C(NCCCc1ccc(Cl)cc1)c1ccc(CN2CCCC2=O)cc1. The van der Waals surface area contributed by atoms with Crippen LogP contribution in [0.1, 0.15) is 40.7 Å². The lowest BCUT2D eigenvalue weighted by molar-refractivity contribution is -0.128. The number of likely N-dealkylation sites (tertiary alicyclic amines) is 1. The van der Waals surface area contributed by atoms with Crippen molar-refractivity contribution in [1.29, 1.82) is 0 Å². The molecule has 2 aromatic carbocycles. The number of aryl methyl sites for hydroxylation is 1. The van der Waals surface area contributed by atoms with E-state index in [1.807, 2.05) is 53.4 Å². The molecule has 2 aromatic rings. The Morgan fingerprint density at radius 3 is 2.38 bits per heavy atom. The molecule has 0 aliphatic carbocycles. The third-order valence-electron chi connectivity index (χ3n) is 4.60. The Balaban J connectivity index is 1.42. The van der Waals surface area contributed by atoms with Gasteiger partial charge in [-0.2, -0.15) is 0 Å². The topological polar surface area (TPSA) is 49.4 Å². The normalized spacial score (nSPS) is 13.9. The highest BCUT2D eigenvalue weighted by atomic mass is 35.5. The van der Waals surface area contributed by atoms with E-state index < -0.39 is 0 Å². The van der Waals surface area contributed by atoms with Crippen LogP contribution in [0.25, 0.3) is 0 Å². The van der Waals surface area contributed by atoms with Crippen LogP contribution in [0.15, 0.2) is 48.5 Å². The van der Waals surface area contributed by atoms with Gasteiger partial charge in [0.05, 0.1) is 0 Å². The molecule has 1 N–H and O–H groups in total. The third kappa shape index (κ3) is 5.09. The third-order valence-corrected chi connectivity index (χ3v) is 4.85. The Bertz CT molecular complexity index is 757.